The molecule has 2 aromatic rings. The maximum atomic E-state index is 11.8. The second-order valence-electron chi connectivity index (χ2n) is 4.61. The molecule has 0 saturated heterocycles. The quantitative estimate of drug-likeness (QED) is 0.930. The van der Waals surface area contributed by atoms with Gasteiger partial charge in [-0.3, -0.25) is 4.79 Å². The number of nitrogens with one attached hydrogen (secondary N) is 1. The molecule has 0 radical (unpaired) electrons. The van der Waals surface area contributed by atoms with Crippen molar-refractivity contribution in [3.8, 4) is 5.75 Å². The zero-order chi connectivity index (χ0) is 13.1. The molecule has 1 aliphatic heterocycles. The van der Waals surface area contributed by atoms with Crippen molar-refractivity contribution in [1.29, 1.82) is 0 Å². The van der Waals surface area contributed by atoms with Gasteiger partial charge in [0.05, 0.1) is 13.0 Å². The van der Waals surface area contributed by atoms with E-state index in [0.29, 0.717) is 19.6 Å². The van der Waals surface area contributed by atoms with Crippen molar-refractivity contribution in [1.82, 2.24) is 5.32 Å². The minimum Gasteiger partial charge on any atom is -0.493 e. The van der Waals surface area contributed by atoms with E-state index in [2.05, 4.69) is 11.4 Å². The molecule has 0 spiro atoms. The summed E-state index contributed by atoms with van der Waals surface area (Å²) in [6, 6.07) is 12.0. The minimum atomic E-state index is 0.0758. The van der Waals surface area contributed by atoms with Gasteiger partial charge in [-0.1, -0.05) is 24.3 Å². The summed E-state index contributed by atoms with van der Waals surface area (Å²) in [7, 11) is 0. The van der Waals surface area contributed by atoms with Gasteiger partial charge in [0, 0.05) is 22.9 Å². The fraction of sp³-hybridized carbons (Fsp3) is 0.267. The van der Waals surface area contributed by atoms with Crippen LogP contribution in [0.4, 0.5) is 0 Å². The molecule has 1 aliphatic rings. The Bertz CT molecular complexity index is 565. The van der Waals surface area contributed by atoms with Crippen LogP contribution in [0.2, 0.25) is 0 Å². The highest BCUT2D eigenvalue weighted by Gasteiger charge is 2.23. The van der Waals surface area contributed by atoms with Crippen LogP contribution in [0.15, 0.2) is 41.8 Å². The Hall–Kier alpha value is -1.81. The van der Waals surface area contributed by atoms with E-state index in [9.17, 15) is 4.79 Å². The highest BCUT2D eigenvalue weighted by Crippen LogP contribution is 2.32. The standard InChI is InChI=1S/C15H15NO2S/c17-15(8-12-4-3-7-19-12)16-9-11-10-18-14-6-2-1-5-13(11)14/h1-7,11H,8-10H2,(H,16,17)/t11-/m1/s1. The van der Waals surface area contributed by atoms with Crippen LogP contribution in [0, 0.1) is 0 Å². The highest BCUT2D eigenvalue weighted by atomic mass is 32.1. The molecule has 3 nitrogen and oxygen atoms in total. The van der Waals surface area contributed by atoms with E-state index in [-0.39, 0.29) is 11.8 Å². The number of rotatable bonds is 4. The monoisotopic (exact) mass is 273 g/mol. The van der Waals surface area contributed by atoms with Gasteiger partial charge >= 0.3 is 0 Å². The lowest BCUT2D eigenvalue weighted by molar-refractivity contribution is -0.120. The van der Waals surface area contributed by atoms with Crippen molar-refractivity contribution >= 4 is 17.2 Å². The first-order chi connectivity index (χ1) is 9.33. The number of benzene rings is 1. The smallest absolute Gasteiger partial charge is 0.225 e. The number of hydrogen-bond acceptors (Lipinski definition) is 3. The number of para-hydroxylation sites is 1. The van der Waals surface area contributed by atoms with E-state index < -0.39 is 0 Å². The molecule has 2 heterocycles. The molecule has 98 valence electrons. The molecule has 0 aliphatic carbocycles. The molecule has 1 aromatic carbocycles. The first-order valence-corrected chi connectivity index (χ1v) is 7.21. The molecular weight excluding hydrogens is 258 g/mol. The second-order valence-corrected chi connectivity index (χ2v) is 5.64. The van der Waals surface area contributed by atoms with Crippen LogP contribution in [0.1, 0.15) is 16.4 Å². The van der Waals surface area contributed by atoms with Crippen LogP contribution >= 0.6 is 11.3 Å². The fourth-order valence-electron chi connectivity index (χ4n) is 2.27. The minimum absolute atomic E-state index is 0.0758. The predicted molar refractivity (Wildman–Crippen MR) is 75.7 cm³/mol. The fourth-order valence-corrected chi connectivity index (χ4v) is 2.97. The third-order valence-corrected chi connectivity index (χ3v) is 4.14. The average molecular weight is 273 g/mol. The van der Waals surface area contributed by atoms with Crippen LogP contribution in [0.5, 0.6) is 5.75 Å². The third-order valence-electron chi connectivity index (χ3n) is 3.26. The molecule has 19 heavy (non-hydrogen) atoms. The first-order valence-electron chi connectivity index (χ1n) is 6.34. The summed E-state index contributed by atoms with van der Waals surface area (Å²) < 4.78 is 5.60. The SMILES string of the molecule is O=C(Cc1cccs1)NC[C@@H]1COc2ccccc21. The molecule has 1 N–H and O–H groups in total. The van der Waals surface area contributed by atoms with E-state index in [1.54, 1.807) is 11.3 Å². The predicted octanol–water partition coefficient (Wildman–Crippen LogP) is 2.58. The summed E-state index contributed by atoms with van der Waals surface area (Å²) in [5.74, 6) is 1.29. The average Bonchev–Trinajstić information content (AvgIpc) is 3.05. The van der Waals surface area contributed by atoms with Crippen LogP contribution in [0.3, 0.4) is 0 Å². The molecule has 0 saturated carbocycles. The molecule has 4 heteroatoms. The van der Waals surface area contributed by atoms with E-state index in [0.717, 1.165) is 10.6 Å². The van der Waals surface area contributed by atoms with E-state index in [1.165, 1.54) is 5.56 Å². The van der Waals surface area contributed by atoms with Crippen molar-refractivity contribution < 1.29 is 9.53 Å². The van der Waals surface area contributed by atoms with Gasteiger partial charge in [-0.25, -0.2) is 0 Å². The number of carbonyl (C=O) groups is 1. The molecule has 3 rings (SSSR count). The summed E-state index contributed by atoms with van der Waals surface area (Å²) in [6.45, 7) is 1.29. The van der Waals surface area contributed by atoms with Gasteiger partial charge in [-0.05, 0) is 17.5 Å². The number of hydrogen-bond donors (Lipinski definition) is 1. The van der Waals surface area contributed by atoms with Gasteiger partial charge in [0.2, 0.25) is 5.91 Å². The van der Waals surface area contributed by atoms with Gasteiger partial charge in [0.25, 0.3) is 0 Å². The summed E-state index contributed by atoms with van der Waals surface area (Å²) in [5.41, 5.74) is 1.19. The summed E-state index contributed by atoms with van der Waals surface area (Å²) >= 11 is 1.61. The number of amides is 1. The van der Waals surface area contributed by atoms with Gasteiger partial charge in [0.15, 0.2) is 0 Å². The van der Waals surface area contributed by atoms with Crippen LogP contribution in [-0.2, 0) is 11.2 Å². The van der Waals surface area contributed by atoms with Crippen molar-refractivity contribution in [2.45, 2.75) is 12.3 Å². The molecular formula is C15H15NO2S. The molecule has 1 amide bonds. The second kappa shape index (κ2) is 5.45. The van der Waals surface area contributed by atoms with E-state index in [1.807, 2.05) is 35.7 Å². The Morgan fingerprint density at radius 2 is 2.21 bits per heavy atom. The number of carbonyl (C=O) groups excluding carboxylic acids is 1. The summed E-state index contributed by atoms with van der Waals surface area (Å²) in [4.78, 5) is 12.9. The Balaban J connectivity index is 1.55. The maximum Gasteiger partial charge on any atom is 0.225 e. The zero-order valence-electron chi connectivity index (χ0n) is 10.5. The molecule has 1 atom stereocenters. The lowest BCUT2D eigenvalue weighted by Crippen LogP contribution is -2.30. The van der Waals surface area contributed by atoms with Gasteiger partial charge in [0.1, 0.15) is 5.75 Å². The van der Waals surface area contributed by atoms with Crippen LogP contribution < -0.4 is 10.1 Å². The van der Waals surface area contributed by atoms with Gasteiger partial charge < -0.3 is 10.1 Å². The Kier molecular flexibility index (Phi) is 3.51. The van der Waals surface area contributed by atoms with E-state index >= 15 is 0 Å². The highest BCUT2D eigenvalue weighted by molar-refractivity contribution is 7.10. The Morgan fingerprint density at radius 1 is 1.32 bits per heavy atom. The number of thiophene rings is 1. The maximum absolute atomic E-state index is 11.8. The van der Waals surface area contributed by atoms with Gasteiger partial charge in [-0.15, -0.1) is 11.3 Å². The van der Waals surface area contributed by atoms with E-state index in [4.69, 9.17) is 4.74 Å². The van der Waals surface area contributed by atoms with Crippen molar-refractivity contribution in [3.05, 3.63) is 52.2 Å². The third kappa shape index (κ3) is 2.79. The van der Waals surface area contributed by atoms with Gasteiger partial charge in [-0.2, -0.15) is 0 Å². The first kappa shape index (κ1) is 12.2. The topological polar surface area (TPSA) is 38.3 Å². The van der Waals surface area contributed by atoms with Crippen LogP contribution in [-0.4, -0.2) is 19.1 Å². The molecule has 0 fully saturated rings. The lowest BCUT2D eigenvalue weighted by Gasteiger charge is -2.10. The Morgan fingerprint density at radius 3 is 3.05 bits per heavy atom. The van der Waals surface area contributed by atoms with Crippen molar-refractivity contribution in [2.24, 2.45) is 0 Å². The molecule has 1 aromatic heterocycles. The normalized spacial score (nSPS) is 16.7. The summed E-state index contributed by atoms with van der Waals surface area (Å²) in [5, 5.41) is 4.98. The lowest BCUT2D eigenvalue weighted by atomic mass is 10.0. The van der Waals surface area contributed by atoms with Crippen LogP contribution in [0.25, 0.3) is 0 Å². The molecule has 0 unspecified atom stereocenters. The van der Waals surface area contributed by atoms with Crippen molar-refractivity contribution in [3.63, 3.8) is 0 Å². The zero-order valence-corrected chi connectivity index (χ0v) is 11.3. The number of ether oxygens (including phenoxy) is 1. The largest absolute Gasteiger partial charge is 0.493 e. The summed E-state index contributed by atoms with van der Waals surface area (Å²) in [6.07, 6.45) is 0.465. The Labute approximate surface area is 116 Å². The van der Waals surface area contributed by atoms with Crippen molar-refractivity contribution in [2.75, 3.05) is 13.2 Å². The number of fused-ring (bicyclic) bond motifs is 1. The molecule has 0 bridgehead atoms.